The molecule has 0 saturated heterocycles. The highest BCUT2D eigenvalue weighted by Crippen LogP contribution is 2.37. The van der Waals surface area contributed by atoms with Gasteiger partial charge >= 0.3 is 0 Å². The summed E-state index contributed by atoms with van der Waals surface area (Å²) in [5.41, 5.74) is 3.40. The number of nitrogens with zero attached hydrogens (tertiary/aromatic N) is 2. The van der Waals surface area contributed by atoms with Gasteiger partial charge in [0.05, 0.1) is 11.4 Å². The zero-order chi connectivity index (χ0) is 21.5. The van der Waals surface area contributed by atoms with Crippen molar-refractivity contribution >= 4 is 47.4 Å². The van der Waals surface area contributed by atoms with E-state index >= 15 is 0 Å². The summed E-state index contributed by atoms with van der Waals surface area (Å²) in [4.78, 5) is -2.68. The van der Waals surface area contributed by atoms with Gasteiger partial charge in [0, 0.05) is 0 Å². The summed E-state index contributed by atoms with van der Waals surface area (Å²) in [7, 11) is -14.7. The molecular formula is C13H13N3O9S3. The average molecular weight is 451 g/mol. The summed E-state index contributed by atoms with van der Waals surface area (Å²) >= 11 is 0. The molecule has 2 aromatic carbocycles. The molecule has 0 amide bonds. The quantitative estimate of drug-likeness (QED) is 0.293. The van der Waals surface area contributed by atoms with Crippen LogP contribution in [0.4, 0.5) is 17.1 Å². The third-order valence-electron chi connectivity index (χ3n) is 3.45. The van der Waals surface area contributed by atoms with E-state index in [0.29, 0.717) is 6.07 Å². The summed E-state index contributed by atoms with van der Waals surface area (Å²) in [5, 5.41) is 7.15. The lowest BCUT2D eigenvalue weighted by atomic mass is 10.2. The van der Waals surface area contributed by atoms with Crippen LogP contribution in [0.2, 0.25) is 0 Å². The molecule has 0 atom stereocenters. The lowest BCUT2D eigenvalue weighted by Crippen LogP contribution is -2.11. The van der Waals surface area contributed by atoms with Gasteiger partial charge in [-0.15, -0.1) is 5.11 Å². The van der Waals surface area contributed by atoms with Crippen molar-refractivity contribution in [1.82, 2.24) is 0 Å². The second-order valence-corrected chi connectivity index (χ2v) is 9.49. The Morgan fingerprint density at radius 2 is 1.29 bits per heavy atom. The molecule has 0 heterocycles. The number of hydrogen-bond donors (Lipinski definition) is 4. The van der Waals surface area contributed by atoms with Crippen molar-refractivity contribution in [3.63, 3.8) is 0 Å². The number of rotatable bonds is 5. The van der Waals surface area contributed by atoms with Crippen LogP contribution in [0.5, 0.6) is 0 Å². The molecule has 0 aliphatic rings. The fraction of sp³-hybridized carbons (Fsp3) is 0.0769. The molecule has 5 N–H and O–H groups in total. The van der Waals surface area contributed by atoms with Gasteiger partial charge in [0.1, 0.15) is 20.4 Å². The number of nitrogen functional groups attached to an aromatic ring is 1. The van der Waals surface area contributed by atoms with Crippen molar-refractivity contribution in [3.8, 4) is 0 Å². The largest absolute Gasteiger partial charge is 0.396 e. The summed E-state index contributed by atoms with van der Waals surface area (Å²) in [6.07, 6.45) is 0. The maximum absolute atomic E-state index is 11.6. The molecule has 0 saturated carbocycles. The van der Waals surface area contributed by atoms with Gasteiger partial charge in [-0.3, -0.25) is 13.7 Å². The molecule has 0 radical (unpaired) electrons. The fourth-order valence-electron chi connectivity index (χ4n) is 2.26. The van der Waals surface area contributed by atoms with Crippen molar-refractivity contribution in [2.45, 2.75) is 21.6 Å². The van der Waals surface area contributed by atoms with Crippen LogP contribution in [0, 0.1) is 6.92 Å². The summed E-state index contributed by atoms with van der Waals surface area (Å²) in [6, 6.07) is 5.53. The zero-order valence-electron chi connectivity index (χ0n) is 13.9. The second-order valence-electron chi connectivity index (χ2n) is 5.35. The monoisotopic (exact) mass is 451 g/mol. The van der Waals surface area contributed by atoms with Gasteiger partial charge in [-0.2, -0.15) is 30.4 Å². The zero-order valence-corrected chi connectivity index (χ0v) is 16.3. The first-order valence-corrected chi connectivity index (χ1v) is 11.3. The number of nitrogens with two attached hydrogens (primary N) is 1. The smallest absolute Gasteiger partial charge is 0.296 e. The van der Waals surface area contributed by atoms with E-state index in [2.05, 4.69) is 10.2 Å². The van der Waals surface area contributed by atoms with Crippen molar-refractivity contribution < 1.29 is 38.9 Å². The predicted octanol–water partition coefficient (Wildman–Crippen LogP) is 1.73. The molecule has 152 valence electrons. The molecule has 15 heteroatoms. The maximum atomic E-state index is 11.6. The molecule has 0 fully saturated rings. The number of hydrogen-bond acceptors (Lipinski definition) is 9. The Morgan fingerprint density at radius 1 is 0.786 bits per heavy atom. The normalized spacial score (nSPS) is 13.1. The van der Waals surface area contributed by atoms with Crippen molar-refractivity contribution in [2.75, 3.05) is 5.73 Å². The third-order valence-corrected chi connectivity index (χ3v) is 6.28. The molecule has 0 aliphatic heterocycles. The number of benzene rings is 2. The highest BCUT2D eigenvalue weighted by Gasteiger charge is 2.27. The maximum Gasteiger partial charge on any atom is 0.296 e. The highest BCUT2D eigenvalue weighted by atomic mass is 32.2. The van der Waals surface area contributed by atoms with Crippen molar-refractivity contribution in [1.29, 1.82) is 0 Å². The van der Waals surface area contributed by atoms with Gasteiger partial charge in [-0.05, 0) is 30.7 Å². The van der Waals surface area contributed by atoms with Gasteiger partial charge in [0.15, 0.2) is 0 Å². The Morgan fingerprint density at radius 3 is 1.79 bits per heavy atom. The van der Waals surface area contributed by atoms with E-state index in [9.17, 15) is 38.9 Å². The first kappa shape index (κ1) is 21.9. The van der Waals surface area contributed by atoms with E-state index in [1.165, 1.54) is 12.1 Å². The Hall–Kier alpha value is -2.43. The molecule has 2 aromatic rings. The van der Waals surface area contributed by atoms with Crippen LogP contribution in [0.3, 0.4) is 0 Å². The topological polar surface area (TPSA) is 214 Å². The first-order valence-electron chi connectivity index (χ1n) is 7.00. The van der Waals surface area contributed by atoms with Crippen LogP contribution in [0.15, 0.2) is 55.2 Å². The van der Waals surface area contributed by atoms with Crippen LogP contribution in [-0.4, -0.2) is 38.9 Å². The Balaban J connectivity index is 2.80. The van der Waals surface area contributed by atoms with Crippen LogP contribution >= 0.6 is 0 Å². The Labute approximate surface area is 160 Å². The number of azo groups is 1. The number of anilines is 1. The van der Waals surface area contributed by atoms with E-state index in [1.807, 2.05) is 0 Å². The van der Waals surface area contributed by atoms with E-state index in [4.69, 9.17) is 5.73 Å². The predicted molar refractivity (Wildman–Crippen MR) is 95.7 cm³/mol. The molecule has 28 heavy (non-hydrogen) atoms. The van der Waals surface area contributed by atoms with Crippen molar-refractivity contribution in [2.24, 2.45) is 10.2 Å². The Kier molecular flexibility index (Phi) is 5.61. The molecule has 0 aliphatic carbocycles. The van der Waals surface area contributed by atoms with Gasteiger partial charge in [0.2, 0.25) is 0 Å². The molecule has 0 spiro atoms. The lowest BCUT2D eigenvalue weighted by Gasteiger charge is -2.12. The molecule has 0 unspecified atom stereocenters. The van der Waals surface area contributed by atoms with Gasteiger partial charge in [0.25, 0.3) is 30.4 Å². The minimum Gasteiger partial charge on any atom is -0.396 e. The molecule has 2 rings (SSSR count). The van der Waals surface area contributed by atoms with E-state index < -0.39 is 56.4 Å². The van der Waals surface area contributed by atoms with Gasteiger partial charge < -0.3 is 5.73 Å². The lowest BCUT2D eigenvalue weighted by molar-refractivity contribution is 0.479. The third kappa shape index (κ3) is 4.51. The highest BCUT2D eigenvalue weighted by molar-refractivity contribution is 7.87. The fourth-order valence-corrected chi connectivity index (χ4v) is 4.46. The van der Waals surface area contributed by atoms with Crippen LogP contribution in [-0.2, 0) is 30.4 Å². The van der Waals surface area contributed by atoms with Crippen LogP contribution in [0.1, 0.15) is 5.56 Å². The van der Waals surface area contributed by atoms with E-state index in [1.54, 1.807) is 0 Å². The summed E-state index contributed by atoms with van der Waals surface area (Å²) in [5.74, 6) is 0. The Bertz CT molecular complexity index is 1300. The second kappa shape index (κ2) is 7.19. The SMILES string of the molecule is Cc1c(N=Nc2ccccc2S(=O)(=O)O)cc(S(=O)(=O)O)c(N)c1S(=O)(=O)O. The van der Waals surface area contributed by atoms with Gasteiger partial charge in [-0.25, -0.2) is 0 Å². The van der Waals surface area contributed by atoms with E-state index in [0.717, 1.165) is 19.1 Å². The summed E-state index contributed by atoms with van der Waals surface area (Å²) < 4.78 is 96.6. The van der Waals surface area contributed by atoms with Crippen LogP contribution in [0.25, 0.3) is 0 Å². The average Bonchev–Trinajstić information content (AvgIpc) is 2.51. The van der Waals surface area contributed by atoms with Crippen LogP contribution < -0.4 is 5.73 Å². The minimum atomic E-state index is -5.02. The minimum absolute atomic E-state index is 0.319. The summed E-state index contributed by atoms with van der Waals surface area (Å²) in [6.45, 7) is 1.12. The van der Waals surface area contributed by atoms with Crippen molar-refractivity contribution in [3.05, 3.63) is 35.9 Å². The standard InChI is InChI=1S/C13H13N3O9S3/c1-7-9(16-15-8-4-2-3-5-10(8)26(17,18)19)6-11(27(20,21)22)12(14)13(7)28(23,24)25/h2-6H,14H2,1H3,(H,17,18,19)(H,20,21,22)(H,23,24,25). The van der Waals surface area contributed by atoms with E-state index in [-0.39, 0.29) is 11.3 Å². The molecule has 0 bridgehead atoms. The molecule has 0 aromatic heterocycles. The molecular weight excluding hydrogens is 438 g/mol. The molecule has 12 nitrogen and oxygen atoms in total. The first-order chi connectivity index (χ1) is 12.6. The van der Waals surface area contributed by atoms with Gasteiger partial charge in [-0.1, -0.05) is 12.1 Å².